The highest BCUT2D eigenvalue weighted by atomic mass is 16.5. The zero-order chi connectivity index (χ0) is 11.9. The first-order valence-corrected chi connectivity index (χ1v) is 6.83. The molecule has 0 aromatic carbocycles. The van der Waals surface area contributed by atoms with Gasteiger partial charge in [-0.1, -0.05) is 30.8 Å². The molecule has 0 bridgehead atoms. The summed E-state index contributed by atoms with van der Waals surface area (Å²) in [4.78, 5) is 4.49. The Morgan fingerprint density at radius 2 is 1.88 bits per heavy atom. The first-order valence-electron chi connectivity index (χ1n) is 6.83. The monoisotopic (exact) mass is 238 g/mol. The van der Waals surface area contributed by atoms with Crippen LogP contribution in [-0.4, -0.2) is 21.9 Å². The van der Waals surface area contributed by atoms with Crippen LogP contribution in [0.25, 0.3) is 0 Å². The van der Waals surface area contributed by atoms with E-state index in [1.807, 2.05) is 0 Å². The summed E-state index contributed by atoms with van der Waals surface area (Å²) in [7, 11) is 0. The number of aryl methyl sites for hydroxylation is 1. The largest absolute Gasteiger partial charge is 0.396 e. The predicted molar refractivity (Wildman–Crippen MR) is 64.8 cm³/mol. The molecule has 1 aromatic rings. The summed E-state index contributed by atoms with van der Waals surface area (Å²) in [6.45, 7) is 0.240. The van der Waals surface area contributed by atoms with Crippen LogP contribution < -0.4 is 0 Å². The van der Waals surface area contributed by atoms with E-state index in [9.17, 15) is 0 Å². The zero-order valence-corrected chi connectivity index (χ0v) is 10.4. The lowest BCUT2D eigenvalue weighted by Crippen LogP contribution is -2.00. The molecule has 1 aliphatic rings. The van der Waals surface area contributed by atoms with Crippen molar-refractivity contribution in [3.05, 3.63) is 11.7 Å². The van der Waals surface area contributed by atoms with Gasteiger partial charge in [0.05, 0.1) is 0 Å². The van der Waals surface area contributed by atoms with Gasteiger partial charge < -0.3 is 9.63 Å². The maximum absolute atomic E-state index is 8.72. The van der Waals surface area contributed by atoms with E-state index in [-0.39, 0.29) is 6.61 Å². The molecule has 0 amide bonds. The predicted octanol–water partition coefficient (Wildman–Crippen LogP) is 2.82. The molecule has 0 atom stereocenters. The molecule has 96 valence electrons. The average molecular weight is 238 g/mol. The molecule has 17 heavy (non-hydrogen) atoms. The van der Waals surface area contributed by atoms with Crippen LogP contribution in [0.2, 0.25) is 0 Å². The number of hydrogen-bond donors (Lipinski definition) is 1. The number of unbranched alkanes of at least 4 members (excludes halogenated alkanes) is 1. The normalized spacial score (nSPS) is 18.2. The van der Waals surface area contributed by atoms with E-state index in [4.69, 9.17) is 9.63 Å². The van der Waals surface area contributed by atoms with E-state index < -0.39 is 0 Å². The summed E-state index contributed by atoms with van der Waals surface area (Å²) in [5.41, 5.74) is 0. The second-order valence-corrected chi connectivity index (χ2v) is 4.92. The van der Waals surface area contributed by atoms with E-state index >= 15 is 0 Å². The number of aromatic nitrogens is 2. The molecule has 0 aliphatic heterocycles. The Labute approximate surface area is 102 Å². The van der Waals surface area contributed by atoms with E-state index in [2.05, 4.69) is 10.1 Å². The molecule has 1 saturated carbocycles. The molecule has 0 saturated heterocycles. The molecule has 2 rings (SSSR count). The highest BCUT2D eigenvalue weighted by molar-refractivity contribution is 4.96. The van der Waals surface area contributed by atoms with Gasteiger partial charge in [-0.05, 0) is 25.7 Å². The van der Waals surface area contributed by atoms with Crippen LogP contribution in [0, 0.1) is 0 Å². The lowest BCUT2D eigenvalue weighted by atomic mass is 10.00. The molecular weight excluding hydrogens is 216 g/mol. The molecule has 1 aliphatic carbocycles. The average Bonchev–Trinajstić information content (AvgIpc) is 2.64. The number of nitrogens with zero attached hydrogens (tertiary/aromatic N) is 2. The van der Waals surface area contributed by atoms with Gasteiger partial charge in [0.15, 0.2) is 5.82 Å². The lowest BCUT2D eigenvalue weighted by molar-refractivity contribution is 0.280. The van der Waals surface area contributed by atoms with E-state index in [1.54, 1.807) is 0 Å². The van der Waals surface area contributed by atoms with Crippen molar-refractivity contribution in [3.8, 4) is 0 Å². The number of rotatable bonds is 5. The topological polar surface area (TPSA) is 59.2 Å². The third-order valence-electron chi connectivity index (χ3n) is 3.50. The van der Waals surface area contributed by atoms with Crippen molar-refractivity contribution in [2.24, 2.45) is 0 Å². The summed E-state index contributed by atoms with van der Waals surface area (Å²) in [6, 6.07) is 0. The van der Waals surface area contributed by atoms with Crippen molar-refractivity contribution in [3.63, 3.8) is 0 Å². The van der Waals surface area contributed by atoms with Gasteiger partial charge in [-0.25, -0.2) is 0 Å². The highest BCUT2D eigenvalue weighted by Crippen LogP contribution is 2.29. The molecule has 1 aromatic heterocycles. The van der Waals surface area contributed by atoms with Gasteiger partial charge in [0.1, 0.15) is 0 Å². The highest BCUT2D eigenvalue weighted by Gasteiger charge is 2.19. The number of hydrogen-bond acceptors (Lipinski definition) is 4. The molecule has 0 spiro atoms. The van der Waals surface area contributed by atoms with Gasteiger partial charge in [-0.2, -0.15) is 4.98 Å². The van der Waals surface area contributed by atoms with Crippen molar-refractivity contribution in [2.75, 3.05) is 6.61 Å². The van der Waals surface area contributed by atoms with Crippen molar-refractivity contribution in [1.82, 2.24) is 10.1 Å². The number of aliphatic hydroxyl groups is 1. The maximum Gasteiger partial charge on any atom is 0.226 e. The SMILES string of the molecule is OCCCCc1nc(C2CCCCCC2)no1. The fourth-order valence-electron chi connectivity index (χ4n) is 2.46. The van der Waals surface area contributed by atoms with E-state index in [0.717, 1.165) is 31.0 Å². The van der Waals surface area contributed by atoms with Crippen LogP contribution in [0.3, 0.4) is 0 Å². The molecule has 1 N–H and O–H groups in total. The second kappa shape index (κ2) is 6.74. The molecule has 4 heteroatoms. The van der Waals surface area contributed by atoms with Crippen molar-refractivity contribution in [1.29, 1.82) is 0 Å². The van der Waals surface area contributed by atoms with Gasteiger partial charge >= 0.3 is 0 Å². The summed E-state index contributed by atoms with van der Waals surface area (Å²) in [5, 5.41) is 12.8. The van der Waals surface area contributed by atoms with E-state index in [0.29, 0.717) is 5.92 Å². The Balaban J connectivity index is 1.87. The standard InChI is InChI=1S/C13H22N2O2/c16-10-6-5-9-12-14-13(15-17-12)11-7-3-1-2-4-8-11/h11,16H,1-10H2. The minimum absolute atomic E-state index is 0.240. The molecule has 1 heterocycles. The maximum atomic E-state index is 8.72. The van der Waals surface area contributed by atoms with Gasteiger partial charge in [0.25, 0.3) is 0 Å². The van der Waals surface area contributed by atoms with E-state index in [1.165, 1.54) is 38.5 Å². The smallest absolute Gasteiger partial charge is 0.226 e. The second-order valence-electron chi connectivity index (χ2n) is 4.92. The molecule has 0 unspecified atom stereocenters. The summed E-state index contributed by atoms with van der Waals surface area (Å²) in [5.74, 6) is 2.15. The van der Waals surface area contributed by atoms with Crippen molar-refractivity contribution >= 4 is 0 Å². The fraction of sp³-hybridized carbons (Fsp3) is 0.846. The number of aliphatic hydroxyl groups excluding tert-OH is 1. The molecule has 0 radical (unpaired) electrons. The molecule has 4 nitrogen and oxygen atoms in total. The molecular formula is C13H22N2O2. The van der Waals surface area contributed by atoms with Gasteiger partial charge in [-0.3, -0.25) is 0 Å². The molecule has 1 fully saturated rings. The minimum atomic E-state index is 0.240. The van der Waals surface area contributed by atoms with Crippen LogP contribution in [0.4, 0.5) is 0 Å². The van der Waals surface area contributed by atoms with Gasteiger partial charge in [0, 0.05) is 18.9 Å². The first-order chi connectivity index (χ1) is 8.40. The van der Waals surface area contributed by atoms with Crippen molar-refractivity contribution < 1.29 is 9.63 Å². The Bertz CT molecular complexity index is 317. The Morgan fingerprint density at radius 3 is 2.59 bits per heavy atom. The Kier molecular flexibility index (Phi) is 4.98. The zero-order valence-electron chi connectivity index (χ0n) is 10.4. The van der Waals surface area contributed by atoms with Crippen LogP contribution in [0.15, 0.2) is 4.52 Å². The van der Waals surface area contributed by atoms with Gasteiger partial charge in [-0.15, -0.1) is 0 Å². The third-order valence-corrected chi connectivity index (χ3v) is 3.50. The Hall–Kier alpha value is -0.900. The quantitative estimate of drug-likeness (QED) is 0.633. The van der Waals surface area contributed by atoms with Crippen LogP contribution in [-0.2, 0) is 6.42 Å². The minimum Gasteiger partial charge on any atom is -0.396 e. The summed E-state index contributed by atoms with van der Waals surface area (Å²) >= 11 is 0. The third kappa shape index (κ3) is 3.80. The van der Waals surface area contributed by atoms with Gasteiger partial charge in [0.2, 0.25) is 5.89 Å². The summed E-state index contributed by atoms with van der Waals surface area (Å²) < 4.78 is 5.26. The Morgan fingerprint density at radius 1 is 1.12 bits per heavy atom. The van der Waals surface area contributed by atoms with Crippen LogP contribution in [0.5, 0.6) is 0 Å². The first kappa shape index (κ1) is 12.6. The summed E-state index contributed by atoms with van der Waals surface area (Å²) in [6.07, 6.45) is 10.2. The van der Waals surface area contributed by atoms with Crippen LogP contribution in [0.1, 0.15) is 69.0 Å². The lowest BCUT2D eigenvalue weighted by Gasteiger charge is -2.07. The van der Waals surface area contributed by atoms with Crippen molar-refractivity contribution in [2.45, 2.75) is 63.7 Å². The fourth-order valence-corrected chi connectivity index (χ4v) is 2.46. The van der Waals surface area contributed by atoms with Crippen LogP contribution >= 0.6 is 0 Å².